The molecule has 26 heavy (non-hydrogen) atoms. The van der Waals surface area contributed by atoms with E-state index in [1.807, 2.05) is 24.4 Å². The fourth-order valence-electron chi connectivity index (χ4n) is 3.38. The first-order valence-electron chi connectivity index (χ1n) is 7.85. The van der Waals surface area contributed by atoms with E-state index in [0.29, 0.717) is 0 Å². The molecule has 0 saturated carbocycles. The summed E-state index contributed by atoms with van der Waals surface area (Å²) in [6.07, 6.45) is 2.78. The smallest absolute Gasteiger partial charge is 1.00 e. The molecular formula is C21H15Cl3CrN. The van der Waals surface area contributed by atoms with Crippen LogP contribution >= 0.6 is 11.6 Å². The number of fused-ring (bicyclic) bond motifs is 1. The van der Waals surface area contributed by atoms with Gasteiger partial charge in [-0.15, -0.1) is 0 Å². The molecule has 4 rings (SSSR count). The Hall–Kier alpha value is -1.27. The Morgan fingerprint density at radius 2 is 1.65 bits per heavy atom. The van der Waals surface area contributed by atoms with Crippen molar-refractivity contribution in [2.75, 3.05) is 0 Å². The van der Waals surface area contributed by atoms with Gasteiger partial charge in [0.05, 0.1) is 0 Å². The van der Waals surface area contributed by atoms with Crippen molar-refractivity contribution >= 4 is 33.7 Å². The summed E-state index contributed by atoms with van der Waals surface area (Å²) in [5, 5.41) is 1.94. The van der Waals surface area contributed by atoms with Crippen molar-refractivity contribution in [1.29, 1.82) is 0 Å². The second-order valence-electron chi connectivity index (χ2n) is 5.97. The van der Waals surface area contributed by atoms with E-state index >= 15 is 0 Å². The molecule has 1 aliphatic rings. The average molecular weight is 440 g/mol. The quantitative estimate of drug-likeness (QED) is 0.549. The van der Waals surface area contributed by atoms with Crippen molar-refractivity contribution in [1.82, 2.24) is 4.98 Å². The second-order valence-corrected chi connectivity index (χ2v) is 7.17. The van der Waals surface area contributed by atoms with Crippen molar-refractivity contribution in [3.8, 4) is 0 Å². The number of hydrogen-bond acceptors (Lipinski definition) is 1. The van der Waals surface area contributed by atoms with Gasteiger partial charge in [0.2, 0.25) is 0 Å². The van der Waals surface area contributed by atoms with Crippen LogP contribution in [-0.2, 0) is 16.3 Å². The van der Waals surface area contributed by atoms with Gasteiger partial charge in [0, 0.05) is 0 Å². The van der Waals surface area contributed by atoms with Crippen molar-refractivity contribution in [2.45, 2.75) is 13.3 Å². The Kier molecular flexibility index (Phi) is 6.97. The molecule has 0 saturated heterocycles. The van der Waals surface area contributed by atoms with E-state index in [1.165, 1.54) is 37.7 Å². The molecule has 0 aliphatic heterocycles. The molecule has 0 amide bonds. The van der Waals surface area contributed by atoms with Crippen LogP contribution in [0.2, 0.25) is 5.02 Å². The summed E-state index contributed by atoms with van der Waals surface area (Å²) < 4.78 is 1.28. The maximum absolute atomic E-state index is 6.04. The summed E-state index contributed by atoms with van der Waals surface area (Å²) in [5.41, 5.74) is 7.44. The number of hydrogen-bond donors (Lipinski definition) is 0. The van der Waals surface area contributed by atoms with Gasteiger partial charge in [-0.3, -0.25) is 0 Å². The summed E-state index contributed by atoms with van der Waals surface area (Å²) in [7, 11) is 0. The predicted octanol–water partition coefficient (Wildman–Crippen LogP) is 0.0315. The zero-order valence-electron chi connectivity index (χ0n) is 14.0. The topological polar surface area (TPSA) is 12.9 Å². The van der Waals surface area contributed by atoms with E-state index in [4.69, 9.17) is 11.6 Å². The fourth-order valence-corrected chi connectivity index (χ4v) is 4.16. The van der Waals surface area contributed by atoms with Gasteiger partial charge < -0.3 is 24.8 Å². The summed E-state index contributed by atoms with van der Waals surface area (Å²) in [5.74, 6) is 0. The van der Waals surface area contributed by atoms with Crippen molar-refractivity contribution < 1.29 is 41.1 Å². The third-order valence-corrected chi connectivity index (χ3v) is 5.33. The summed E-state index contributed by atoms with van der Waals surface area (Å²) in [4.78, 5) is 4.61. The Bertz CT molecular complexity index is 1000. The van der Waals surface area contributed by atoms with Gasteiger partial charge in [-0.25, -0.2) is 0 Å². The van der Waals surface area contributed by atoms with E-state index < -0.39 is 0 Å². The Balaban J connectivity index is 0.00000121. The molecule has 1 aliphatic carbocycles. The molecule has 0 bridgehead atoms. The van der Waals surface area contributed by atoms with Crippen molar-refractivity contribution in [2.24, 2.45) is 0 Å². The Labute approximate surface area is 179 Å². The van der Waals surface area contributed by atoms with Gasteiger partial charge in [-0.2, -0.15) is 0 Å². The van der Waals surface area contributed by atoms with Crippen LogP contribution in [0.1, 0.15) is 24.5 Å². The van der Waals surface area contributed by atoms with E-state index in [0.717, 1.165) is 17.0 Å². The van der Waals surface area contributed by atoms with E-state index in [9.17, 15) is 0 Å². The molecule has 0 fully saturated rings. The van der Waals surface area contributed by atoms with Gasteiger partial charge in [-0.1, -0.05) is 0 Å². The molecular weight excluding hydrogens is 425 g/mol. The average Bonchev–Trinajstić information content (AvgIpc) is 2.90. The molecule has 2 aromatic carbocycles. The summed E-state index contributed by atoms with van der Waals surface area (Å²) in [6, 6.07) is 18.6. The van der Waals surface area contributed by atoms with Crippen LogP contribution < -0.4 is 24.8 Å². The summed E-state index contributed by atoms with van der Waals surface area (Å²) >= 11 is 9.30. The van der Waals surface area contributed by atoms with Gasteiger partial charge in [0.25, 0.3) is 0 Å². The number of allylic oxidation sites excluding steroid dienone is 4. The zero-order chi connectivity index (χ0) is 16.7. The molecule has 1 aromatic heterocycles. The van der Waals surface area contributed by atoms with Crippen LogP contribution in [0, 0.1) is 0 Å². The van der Waals surface area contributed by atoms with Gasteiger partial charge in [-0.05, 0) is 0 Å². The van der Waals surface area contributed by atoms with Crippen LogP contribution in [0.5, 0.6) is 0 Å². The van der Waals surface area contributed by atoms with E-state index in [2.05, 4.69) is 64.6 Å². The largest absolute Gasteiger partial charge is 1.00 e. The van der Waals surface area contributed by atoms with Crippen molar-refractivity contribution in [3.05, 3.63) is 87.0 Å². The molecule has 131 valence electrons. The maximum atomic E-state index is 6.04. The van der Waals surface area contributed by atoms with Crippen LogP contribution in [0.25, 0.3) is 22.0 Å². The molecule has 3 aromatic rings. The molecule has 0 spiro atoms. The number of aromatic nitrogens is 1. The molecule has 0 atom stereocenters. The number of pyridine rings is 1. The number of benzene rings is 2. The van der Waals surface area contributed by atoms with Gasteiger partial charge in [0.15, 0.2) is 0 Å². The van der Waals surface area contributed by atoms with Crippen LogP contribution in [0.3, 0.4) is 0 Å². The molecule has 1 heterocycles. The molecule has 5 heteroatoms. The number of nitrogens with zero attached hydrogens (tertiary/aromatic N) is 1. The second kappa shape index (κ2) is 8.61. The van der Waals surface area contributed by atoms with Gasteiger partial charge >= 0.3 is 155 Å². The maximum Gasteiger partial charge on any atom is -1.00 e. The number of halogens is 3. The third-order valence-electron chi connectivity index (χ3n) is 4.53. The van der Waals surface area contributed by atoms with E-state index in [1.54, 1.807) is 0 Å². The van der Waals surface area contributed by atoms with Crippen LogP contribution in [0.15, 0.2) is 70.8 Å². The minimum atomic E-state index is 0. The predicted molar refractivity (Wildman–Crippen MR) is 97.3 cm³/mol. The number of para-hydroxylation sites is 1. The van der Waals surface area contributed by atoms with Crippen molar-refractivity contribution in [3.63, 3.8) is 0 Å². The normalized spacial score (nSPS) is 13.6. The number of rotatable bonds is 2. The van der Waals surface area contributed by atoms with Crippen LogP contribution in [0.4, 0.5) is 0 Å². The fraction of sp³-hybridized carbons (Fsp3) is 0.0952. The zero-order valence-corrected chi connectivity index (χ0v) is 17.5. The first-order chi connectivity index (χ1) is 11.6. The monoisotopic (exact) mass is 438 g/mol. The minimum absolute atomic E-state index is 0. The van der Waals surface area contributed by atoms with Gasteiger partial charge in [0.1, 0.15) is 0 Å². The Morgan fingerprint density at radius 1 is 0.962 bits per heavy atom. The van der Waals surface area contributed by atoms with Crippen LogP contribution in [-0.4, -0.2) is 4.98 Å². The first kappa shape index (κ1) is 21.0. The molecule has 1 nitrogen and oxygen atoms in total. The molecule has 0 unspecified atom stereocenters. The molecule has 0 N–H and O–H groups in total. The third kappa shape index (κ3) is 3.72. The first-order valence-corrected chi connectivity index (χ1v) is 8.87. The minimum Gasteiger partial charge on any atom is -1.00 e. The summed E-state index contributed by atoms with van der Waals surface area (Å²) in [6.45, 7) is 2.20. The SMILES string of the molecule is CC1=C(c2cccc3cccnc23)C[C]([Cr+2])=C1c1ccc(Cl)cc1.[Cl-].[Cl-]. The standard InChI is InChI=1S/C21H15ClN.2ClH.Cr/c1-14-18(15-7-9-17(22)10-8-15)11-12-19(14)20-6-2-4-16-5-3-13-23-21(16)20;;;/h2-10,13H,12H2,1H3;2*1H;/q;;;+2/p-2. The van der Waals surface area contributed by atoms with E-state index in [-0.39, 0.29) is 24.8 Å². The Morgan fingerprint density at radius 3 is 2.38 bits per heavy atom. The molecule has 0 radical (unpaired) electrons.